The summed E-state index contributed by atoms with van der Waals surface area (Å²) in [7, 11) is 0. The van der Waals surface area contributed by atoms with E-state index in [1.807, 2.05) is 30.3 Å². The third-order valence-corrected chi connectivity index (χ3v) is 2.36. The molecule has 0 heterocycles. The number of thioether (sulfide) groups is 1. The number of rotatable bonds is 3. The predicted octanol–water partition coefficient (Wildman–Crippen LogP) is 3.90. The van der Waals surface area contributed by atoms with Gasteiger partial charge >= 0.3 is 6.18 Å². The molecule has 1 aromatic rings. The van der Waals surface area contributed by atoms with Crippen molar-refractivity contribution in [3.05, 3.63) is 42.5 Å². The summed E-state index contributed by atoms with van der Waals surface area (Å²) < 4.78 is 35.1. The minimum atomic E-state index is -4.20. The molecule has 0 aromatic heterocycles. The van der Waals surface area contributed by atoms with E-state index in [-0.39, 0.29) is 6.08 Å². The molecule has 0 amide bonds. The second-order valence-corrected chi connectivity index (χ2v) is 3.66. The van der Waals surface area contributed by atoms with Gasteiger partial charge in [0, 0.05) is 16.7 Å². The molecule has 0 fully saturated rings. The molecule has 0 atom stereocenters. The monoisotopic (exact) mass is 218 g/mol. The summed E-state index contributed by atoms with van der Waals surface area (Å²) in [6, 6.07) is 9.32. The molecule has 0 bridgehead atoms. The van der Waals surface area contributed by atoms with Gasteiger partial charge in [-0.3, -0.25) is 0 Å². The van der Waals surface area contributed by atoms with Gasteiger partial charge in [-0.1, -0.05) is 24.3 Å². The van der Waals surface area contributed by atoms with Crippen LogP contribution in [0.25, 0.3) is 0 Å². The smallest absolute Gasteiger partial charge is 0.167 e. The zero-order valence-corrected chi connectivity index (χ0v) is 8.11. The summed E-state index contributed by atoms with van der Waals surface area (Å²) >= 11 is 1.37. The summed E-state index contributed by atoms with van der Waals surface area (Å²) in [6.07, 6.45) is -2.81. The lowest BCUT2D eigenvalue weighted by Gasteiger charge is -1.98. The fourth-order valence-electron chi connectivity index (χ4n) is 0.843. The van der Waals surface area contributed by atoms with E-state index in [1.54, 1.807) is 0 Å². The first kappa shape index (κ1) is 11.2. The van der Waals surface area contributed by atoms with Crippen LogP contribution >= 0.6 is 11.8 Å². The Bertz CT molecular complexity index is 290. The Kier molecular flexibility index (Phi) is 4.07. The molecule has 76 valence electrons. The fraction of sp³-hybridized carbons (Fsp3) is 0.200. The predicted molar refractivity (Wildman–Crippen MR) is 52.4 cm³/mol. The van der Waals surface area contributed by atoms with Crippen molar-refractivity contribution < 1.29 is 13.2 Å². The molecule has 0 saturated heterocycles. The van der Waals surface area contributed by atoms with Gasteiger partial charge in [-0.25, -0.2) is 0 Å². The molecule has 0 aliphatic heterocycles. The summed E-state index contributed by atoms with van der Waals surface area (Å²) in [5, 5.41) is 0. The highest BCUT2D eigenvalue weighted by molar-refractivity contribution is 7.99. The van der Waals surface area contributed by atoms with Gasteiger partial charge in [-0.05, 0) is 12.1 Å². The lowest BCUT2D eigenvalue weighted by atomic mass is 10.4. The highest BCUT2D eigenvalue weighted by atomic mass is 32.2. The largest absolute Gasteiger partial charge is 0.409 e. The zero-order valence-electron chi connectivity index (χ0n) is 7.29. The average Bonchev–Trinajstić information content (AvgIpc) is 2.13. The Labute approximate surface area is 84.8 Å². The molecule has 0 unspecified atom stereocenters. The van der Waals surface area contributed by atoms with E-state index < -0.39 is 6.18 Å². The molecular formula is C10H9F3S. The number of allylic oxidation sites excluding steroid dienone is 1. The van der Waals surface area contributed by atoms with Gasteiger partial charge in [0.15, 0.2) is 0 Å². The molecule has 14 heavy (non-hydrogen) atoms. The first-order chi connectivity index (χ1) is 6.58. The summed E-state index contributed by atoms with van der Waals surface area (Å²) in [5.41, 5.74) is 0. The van der Waals surface area contributed by atoms with Crippen molar-refractivity contribution in [1.82, 2.24) is 0 Å². The van der Waals surface area contributed by atoms with Gasteiger partial charge in [-0.2, -0.15) is 13.2 Å². The number of benzene rings is 1. The Morgan fingerprint density at radius 3 is 2.36 bits per heavy atom. The highest BCUT2D eigenvalue weighted by Gasteiger charge is 2.21. The summed E-state index contributed by atoms with van der Waals surface area (Å²) in [6.45, 7) is 0. The van der Waals surface area contributed by atoms with E-state index in [9.17, 15) is 13.2 Å². The second-order valence-electron chi connectivity index (χ2n) is 2.57. The highest BCUT2D eigenvalue weighted by Crippen LogP contribution is 2.19. The maximum absolute atomic E-state index is 11.7. The molecule has 4 heteroatoms. The molecule has 0 spiro atoms. The first-order valence-electron chi connectivity index (χ1n) is 4.00. The normalized spacial score (nSPS) is 12.2. The average molecular weight is 218 g/mol. The minimum Gasteiger partial charge on any atom is -0.167 e. The SMILES string of the molecule is FC(F)(F)/C=C/CSc1ccccc1. The van der Waals surface area contributed by atoms with Crippen LogP contribution in [0.2, 0.25) is 0 Å². The van der Waals surface area contributed by atoms with Crippen molar-refractivity contribution in [2.45, 2.75) is 11.1 Å². The van der Waals surface area contributed by atoms with E-state index in [0.29, 0.717) is 5.75 Å². The third-order valence-electron chi connectivity index (χ3n) is 1.40. The summed E-state index contributed by atoms with van der Waals surface area (Å²) in [5.74, 6) is 0.337. The Morgan fingerprint density at radius 1 is 1.14 bits per heavy atom. The quantitative estimate of drug-likeness (QED) is 0.547. The molecule has 0 N–H and O–H groups in total. The van der Waals surface area contributed by atoms with Crippen LogP contribution in [0.4, 0.5) is 13.2 Å². The van der Waals surface area contributed by atoms with E-state index in [0.717, 1.165) is 11.0 Å². The molecule has 0 aliphatic carbocycles. The van der Waals surface area contributed by atoms with Crippen LogP contribution in [0.5, 0.6) is 0 Å². The second kappa shape index (κ2) is 5.10. The van der Waals surface area contributed by atoms with Crippen molar-refractivity contribution in [1.29, 1.82) is 0 Å². The Balaban J connectivity index is 2.33. The Morgan fingerprint density at radius 2 is 1.79 bits per heavy atom. The topological polar surface area (TPSA) is 0 Å². The van der Waals surface area contributed by atoms with Gasteiger partial charge < -0.3 is 0 Å². The molecule has 0 saturated carbocycles. The van der Waals surface area contributed by atoms with Crippen molar-refractivity contribution >= 4 is 11.8 Å². The van der Waals surface area contributed by atoms with Crippen LogP contribution in [0.3, 0.4) is 0 Å². The van der Waals surface area contributed by atoms with Crippen molar-refractivity contribution in [3.63, 3.8) is 0 Å². The van der Waals surface area contributed by atoms with Crippen LogP contribution in [-0.4, -0.2) is 11.9 Å². The molecular weight excluding hydrogens is 209 g/mol. The van der Waals surface area contributed by atoms with Gasteiger partial charge in [0.05, 0.1) is 0 Å². The van der Waals surface area contributed by atoms with Crippen LogP contribution in [-0.2, 0) is 0 Å². The first-order valence-corrected chi connectivity index (χ1v) is 4.99. The van der Waals surface area contributed by atoms with E-state index in [2.05, 4.69) is 0 Å². The van der Waals surface area contributed by atoms with Crippen LogP contribution < -0.4 is 0 Å². The van der Waals surface area contributed by atoms with E-state index >= 15 is 0 Å². The van der Waals surface area contributed by atoms with Gasteiger partial charge in [0.2, 0.25) is 0 Å². The molecule has 1 rings (SSSR count). The van der Waals surface area contributed by atoms with Crippen molar-refractivity contribution in [3.8, 4) is 0 Å². The van der Waals surface area contributed by atoms with Crippen molar-refractivity contribution in [2.75, 3.05) is 5.75 Å². The fourth-order valence-corrected chi connectivity index (χ4v) is 1.58. The maximum Gasteiger partial charge on any atom is 0.409 e. The number of hydrogen-bond donors (Lipinski definition) is 0. The number of alkyl halides is 3. The molecule has 0 nitrogen and oxygen atoms in total. The van der Waals surface area contributed by atoms with Gasteiger partial charge in [-0.15, -0.1) is 11.8 Å². The standard InChI is InChI=1S/C10H9F3S/c11-10(12,13)7-4-8-14-9-5-2-1-3-6-9/h1-7H,8H2/b7-4+. The van der Waals surface area contributed by atoms with Crippen LogP contribution in [0.15, 0.2) is 47.4 Å². The summed E-state index contributed by atoms with van der Waals surface area (Å²) in [4.78, 5) is 0.972. The molecule has 0 radical (unpaired) electrons. The third kappa shape index (κ3) is 4.97. The van der Waals surface area contributed by atoms with E-state index in [1.165, 1.54) is 11.8 Å². The Hall–Kier alpha value is -0.900. The number of halogens is 3. The zero-order chi connectivity index (χ0) is 10.4. The number of hydrogen-bond acceptors (Lipinski definition) is 1. The van der Waals surface area contributed by atoms with Crippen molar-refractivity contribution in [2.24, 2.45) is 0 Å². The van der Waals surface area contributed by atoms with Gasteiger partial charge in [0.1, 0.15) is 0 Å². The van der Waals surface area contributed by atoms with Crippen LogP contribution in [0.1, 0.15) is 0 Å². The molecule has 0 aliphatic rings. The maximum atomic E-state index is 11.7. The molecule has 1 aromatic carbocycles. The lowest BCUT2D eigenvalue weighted by molar-refractivity contribution is -0.0799. The minimum absolute atomic E-state index is 0.267. The van der Waals surface area contributed by atoms with Gasteiger partial charge in [0.25, 0.3) is 0 Å². The van der Waals surface area contributed by atoms with E-state index in [4.69, 9.17) is 0 Å². The lowest BCUT2D eigenvalue weighted by Crippen LogP contribution is -2.00. The van der Waals surface area contributed by atoms with Crippen LogP contribution in [0, 0.1) is 0 Å².